The maximum absolute atomic E-state index is 12.5. The molecule has 2 aromatic rings. The lowest BCUT2D eigenvalue weighted by Crippen LogP contribution is -3.14. The number of nitrogens with one attached hydrogen (secondary N) is 3. The zero-order chi connectivity index (χ0) is 20.3. The molecule has 1 fully saturated rings. The van der Waals surface area contributed by atoms with E-state index in [-0.39, 0.29) is 24.4 Å². The van der Waals surface area contributed by atoms with Gasteiger partial charge in [0.15, 0.2) is 0 Å². The number of amides is 2. The van der Waals surface area contributed by atoms with E-state index in [1.54, 1.807) is 6.08 Å². The van der Waals surface area contributed by atoms with Crippen molar-refractivity contribution in [1.82, 2.24) is 10.6 Å². The maximum Gasteiger partial charge on any atom is 0.244 e. The Labute approximate surface area is 171 Å². The van der Waals surface area contributed by atoms with Crippen LogP contribution in [0.2, 0.25) is 0 Å². The van der Waals surface area contributed by atoms with Gasteiger partial charge >= 0.3 is 0 Å². The molecule has 1 aliphatic rings. The van der Waals surface area contributed by atoms with Crippen molar-refractivity contribution in [2.45, 2.75) is 6.04 Å². The fourth-order valence-electron chi connectivity index (χ4n) is 3.30. The smallest absolute Gasteiger partial charge is 0.244 e. The first-order valence-corrected chi connectivity index (χ1v) is 9.97. The van der Waals surface area contributed by atoms with Crippen molar-refractivity contribution in [3.63, 3.8) is 0 Å². The van der Waals surface area contributed by atoms with E-state index >= 15 is 0 Å². The first kappa shape index (κ1) is 20.8. The van der Waals surface area contributed by atoms with Gasteiger partial charge in [0.1, 0.15) is 25.7 Å². The van der Waals surface area contributed by atoms with Crippen molar-refractivity contribution in [1.29, 1.82) is 0 Å². The number of hydrogen-bond acceptors (Lipinski definition) is 3. The molecule has 0 saturated carbocycles. The molecular weight excluding hydrogens is 366 g/mol. The second-order valence-corrected chi connectivity index (χ2v) is 7.06. The lowest BCUT2D eigenvalue weighted by molar-refractivity contribution is -0.909. The Kier molecular flexibility index (Phi) is 7.98. The van der Waals surface area contributed by atoms with Crippen molar-refractivity contribution in [2.75, 3.05) is 39.4 Å². The Morgan fingerprint density at radius 1 is 1.00 bits per heavy atom. The summed E-state index contributed by atoms with van der Waals surface area (Å²) < 4.78 is 5.43. The van der Waals surface area contributed by atoms with Gasteiger partial charge in [-0.2, -0.15) is 0 Å². The van der Waals surface area contributed by atoms with Crippen molar-refractivity contribution < 1.29 is 19.2 Å². The van der Waals surface area contributed by atoms with Crippen LogP contribution in [0.25, 0.3) is 6.08 Å². The Bertz CT molecular complexity index is 803. The van der Waals surface area contributed by atoms with Gasteiger partial charge < -0.3 is 20.3 Å². The maximum atomic E-state index is 12.5. The van der Waals surface area contributed by atoms with Gasteiger partial charge in [0, 0.05) is 6.08 Å². The van der Waals surface area contributed by atoms with Crippen molar-refractivity contribution in [2.24, 2.45) is 0 Å². The van der Waals surface area contributed by atoms with Crippen LogP contribution in [-0.4, -0.2) is 51.2 Å². The molecule has 0 spiro atoms. The van der Waals surface area contributed by atoms with E-state index in [4.69, 9.17) is 4.74 Å². The molecule has 6 heteroatoms. The molecule has 152 valence electrons. The molecule has 1 atom stereocenters. The topological polar surface area (TPSA) is 71.9 Å². The molecule has 6 nitrogen and oxygen atoms in total. The number of benzene rings is 2. The first-order chi connectivity index (χ1) is 14.2. The molecule has 2 amide bonds. The van der Waals surface area contributed by atoms with Crippen LogP contribution in [0.1, 0.15) is 17.2 Å². The molecule has 0 bridgehead atoms. The summed E-state index contributed by atoms with van der Waals surface area (Å²) in [5, 5.41) is 5.72. The molecule has 3 rings (SSSR count). The van der Waals surface area contributed by atoms with Crippen LogP contribution >= 0.6 is 0 Å². The summed E-state index contributed by atoms with van der Waals surface area (Å²) in [6.07, 6.45) is 3.16. The summed E-state index contributed by atoms with van der Waals surface area (Å²) in [5.41, 5.74) is 2.00. The van der Waals surface area contributed by atoms with Gasteiger partial charge in [-0.05, 0) is 17.2 Å². The summed E-state index contributed by atoms with van der Waals surface area (Å²) in [5.74, 6) is -0.493. The zero-order valence-electron chi connectivity index (χ0n) is 16.5. The molecule has 1 heterocycles. The Hall–Kier alpha value is -2.96. The molecule has 1 aliphatic heterocycles. The fourth-order valence-corrected chi connectivity index (χ4v) is 3.30. The predicted molar refractivity (Wildman–Crippen MR) is 112 cm³/mol. The van der Waals surface area contributed by atoms with E-state index in [1.165, 1.54) is 11.0 Å². The minimum absolute atomic E-state index is 0.0558. The van der Waals surface area contributed by atoms with Gasteiger partial charge in [0.2, 0.25) is 11.8 Å². The van der Waals surface area contributed by atoms with Crippen LogP contribution in [-0.2, 0) is 14.3 Å². The number of carbonyl (C=O) groups excluding carboxylic acids is 2. The summed E-state index contributed by atoms with van der Waals surface area (Å²) >= 11 is 0. The fraction of sp³-hybridized carbons (Fsp3) is 0.304. The zero-order valence-corrected chi connectivity index (χ0v) is 16.5. The highest BCUT2D eigenvalue weighted by Crippen LogP contribution is 2.10. The number of morpholine rings is 1. The van der Waals surface area contributed by atoms with Gasteiger partial charge in [-0.25, -0.2) is 0 Å². The van der Waals surface area contributed by atoms with E-state index < -0.39 is 0 Å². The lowest BCUT2D eigenvalue weighted by atomic mass is 10.1. The third kappa shape index (κ3) is 7.18. The van der Waals surface area contributed by atoms with Crippen LogP contribution < -0.4 is 15.5 Å². The molecule has 0 aliphatic carbocycles. The highest BCUT2D eigenvalue weighted by atomic mass is 16.5. The van der Waals surface area contributed by atoms with Gasteiger partial charge in [0.05, 0.1) is 19.8 Å². The Morgan fingerprint density at radius 3 is 2.34 bits per heavy atom. The SMILES string of the molecule is O=C(/C=C/c1ccccc1)NCC(=O)N[C@H](C[NH+]1CCOCC1)c1ccccc1. The standard InChI is InChI=1S/C23H27N3O3/c27-22(12-11-19-7-3-1-4-8-19)24-17-23(28)25-21(20-9-5-2-6-10-20)18-26-13-15-29-16-14-26/h1-12,21H,13-18H2,(H,24,27)(H,25,28)/p+1/b12-11+/t21-/m1/s1. The van der Waals surface area contributed by atoms with Crippen LogP contribution in [0.5, 0.6) is 0 Å². The van der Waals surface area contributed by atoms with Crippen LogP contribution in [0, 0.1) is 0 Å². The number of rotatable bonds is 8. The lowest BCUT2D eigenvalue weighted by Gasteiger charge is -2.28. The molecule has 0 radical (unpaired) electrons. The second-order valence-electron chi connectivity index (χ2n) is 7.06. The normalized spacial score (nSPS) is 15.7. The van der Waals surface area contributed by atoms with Crippen LogP contribution in [0.3, 0.4) is 0 Å². The van der Waals surface area contributed by atoms with E-state index in [0.29, 0.717) is 0 Å². The summed E-state index contributed by atoms with van der Waals surface area (Å²) in [6.45, 7) is 4.09. The minimum atomic E-state index is -0.293. The van der Waals surface area contributed by atoms with Gasteiger partial charge in [-0.3, -0.25) is 9.59 Å². The summed E-state index contributed by atoms with van der Waals surface area (Å²) in [7, 11) is 0. The molecule has 0 aromatic heterocycles. The molecule has 0 unspecified atom stereocenters. The molecular formula is C23H28N3O3+. The van der Waals surface area contributed by atoms with E-state index in [0.717, 1.165) is 44.0 Å². The van der Waals surface area contributed by atoms with Gasteiger partial charge in [0.25, 0.3) is 0 Å². The highest BCUT2D eigenvalue weighted by molar-refractivity contribution is 5.94. The monoisotopic (exact) mass is 394 g/mol. The third-order valence-electron chi connectivity index (χ3n) is 4.88. The molecule has 3 N–H and O–H groups in total. The van der Waals surface area contributed by atoms with Crippen LogP contribution in [0.15, 0.2) is 66.7 Å². The largest absolute Gasteiger partial charge is 0.370 e. The molecule has 1 saturated heterocycles. The van der Waals surface area contributed by atoms with Crippen molar-refractivity contribution in [3.8, 4) is 0 Å². The predicted octanol–water partition coefficient (Wildman–Crippen LogP) is 0.589. The van der Waals surface area contributed by atoms with Crippen LogP contribution in [0.4, 0.5) is 0 Å². The van der Waals surface area contributed by atoms with Crippen molar-refractivity contribution in [3.05, 3.63) is 77.9 Å². The second kappa shape index (κ2) is 11.1. The quantitative estimate of drug-likeness (QED) is 0.574. The van der Waals surface area contributed by atoms with E-state index in [9.17, 15) is 9.59 Å². The Balaban J connectivity index is 1.52. The molecule has 2 aromatic carbocycles. The van der Waals surface area contributed by atoms with Gasteiger partial charge in [-0.1, -0.05) is 60.7 Å². The highest BCUT2D eigenvalue weighted by Gasteiger charge is 2.22. The Morgan fingerprint density at radius 2 is 1.66 bits per heavy atom. The van der Waals surface area contributed by atoms with E-state index in [1.807, 2.05) is 60.7 Å². The number of hydrogen-bond donors (Lipinski definition) is 3. The number of quaternary nitrogens is 1. The summed E-state index contributed by atoms with van der Waals surface area (Å²) in [4.78, 5) is 25.9. The van der Waals surface area contributed by atoms with Gasteiger partial charge in [-0.15, -0.1) is 0 Å². The van der Waals surface area contributed by atoms with Crippen molar-refractivity contribution >= 4 is 17.9 Å². The molecule has 29 heavy (non-hydrogen) atoms. The first-order valence-electron chi connectivity index (χ1n) is 9.97. The average molecular weight is 394 g/mol. The van der Waals surface area contributed by atoms with E-state index in [2.05, 4.69) is 10.6 Å². The average Bonchev–Trinajstić information content (AvgIpc) is 2.78. The number of carbonyl (C=O) groups is 2. The summed E-state index contributed by atoms with van der Waals surface area (Å²) in [6, 6.07) is 19.4. The minimum Gasteiger partial charge on any atom is -0.370 e. The third-order valence-corrected chi connectivity index (χ3v) is 4.88. The number of ether oxygens (including phenoxy) is 1.